The van der Waals surface area contributed by atoms with Crippen LogP contribution in [-0.2, 0) is 19.3 Å². The Hall–Kier alpha value is -1.17. The van der Waals surface area contributed by atoms with Crippen LogP contribution in [0.25, 0.3) is 0 Å². The molecule has 1 saturated carbocycles. The van der Waals surface area contributed by atoms with Crippen LogP contribution >= 0.6 is 0 Å². The second kappa shape index (κ2) is 3.35. The normalized spacial score (nSPS) is 56.5. The number of hydrogen-bond donors (Lipinski definition) is 1. The minimum absolute atomic E-state index is 0.0784. The second-order valence-electron chi connectivity index (χ2n) is 6.77. The third-order valence-electron chi connectivity index (χ3n) is 5.56. The maximum Gasteiger partial charge on any atom is 0.334 e. The maximum atomic E-state index is 11.9. The molecule has 4 rings (SSSR count). The van der Waals surface area contributed by atoms with Gasteiger partial charge < -0.3 is 9.84 Å². The summed E-state index contributed by atoms with van der Waals surface area (Å²) in [4.78, 5) is 22.9. The second-order valence-corrected chi connectivity index (χ2v) is 6.77. The van der Waals surface area contributed by atoms with Gasteiger partial charge in [-0.3, -0.25) is 0 Å². The fourth-order valence-corrected chi connectivity index (χ4v) is 4.32. The van der Waals surface area contributed by atoms with Crippen LogP contribution in [0.1, 0.15) is 26.7 Å². The van der Waals surface area contributed by atoms with Crippen LogP contribution in [0.5, 0.6) is 0 Å². The Balaban J connectivity index is 1.88. The molecule has 2 heterocycles. The Labute approximate surface area is 117 Å². The first-order chi connectivity index (χ1) is 9.31. The average molecular weight is 278 g/mol. The zero-order valence-corrected chi connectivity index (χ0v) is 11.6. The van der Waals surface area contributed by atoms with Gasteiger partial charge in [-0.15, -0.1) is 0 Å². The van der Waals surface area contributed by atoms with Gasteiger partial charge in [0.15, 0.2) is 5.60 Å². The Bertz CT molecular complexity index is 550. The molecule has 0 aromatic heterocycles. The zero-order chi connectivity index (χ0) is 14.3. The molecular weight excluding hydrogens is 260 g/mol. The lowest BCUT2D eigenvalue weighted by atomic mass is 9.71. The molecule has 0 spiro atoms. The lowest BCUT2D eigenvalue weighted by Crippen LogP contribution is -2.56. The minimum Gasteiger partial charge on any atom is -0.458 e. The number of carbonyl (C=O) groups is 1. The summed E-state index contributed by atoms with van der Waals surface area (Å²) in [5, 5.41) is 10.9. The molecule has 2 aliphatic carbocycles. The number of carbonyl (C=O) groups excluding carboxylic acids is 1. The molecule has 4 aliphatic rings. The highest BCUT2D eigenvalue weighted by atomic mass is 17.2. The van der Waals surface area contributed by atoms with E-state index in [0.29, 0.717) is 18.4 Å². The molecule has 108 valence electrons. The fraction of sp³-hybridized carbons (Fsp3) is 0.667. The van der Waals surface area contributed by atoms with Crippen molar-refractivity contribution < 1.29 is 24.4 Å². The van der Waals surface area contributed by atoms with Gasteiger partial charge in [-0.1, -0.05) is 12.7 Å². The van der Waals surface area contributed by atoms with E-state index in [9.17, 15) is 9.90 Å². The zero-order valence-electron chi connectivity index (χ0n) is 11.6. The van der Waals surface area contributed by atoms with Gasteiger partial charge in [0.25, 0.3) is 0 Å². The third-order valence-corrected chi connectivity index (χ3v) is 5.56. The summed E-state index contributed by atoms with van der Waals surface area (Å²) in [6, 6.07) is 0. The summed E-state index contributed by atoms with van der Waals surface area (Å²) in [6.45, 7) is 7.52. The van der Waals surface area contributed by atoms with Gasteiger partial charge in [-0.25, -0.2) is 14.6 Å². The molecule has 2 aliphatic heterocycles. The van der Waals surface area contributed by atoms with Gasteiger partial charge in [0.1, 0.15) is 11.7 Å². The Morgan fingerprint density at radius 3 is 2.75 bits per heavy atom. The van der Waals surface area contributed by atoms with Crippen molar-refractivity contribution in [1.29, 1.82) is 0 Å². The number of aliphatic hydroxyl groups is 1. The standard InChI is InChI=1S/C15H18O5/c1-8-9-4-5-14(3,17)15-7-6-13(2,19-20-15)11(15)10(9)18-12(8)16/h6-7,9-11,17H,1,4-5H2,2-3H3. The van der Waals surface area contributed by atoms with Crippen LogP contribution in [0.15, 0.2) is 24.3 Å². The SMILES string of the molecule is C=C1C(=O)OC2C1CCC(C)(O)C13C=CC(C)(OO1)C23. The topological polar surface area (TPSA) is 65.0 Å². The van der Waals surface area contributed by atoms with Crippen LogP contribution in [-0.4, -0.2) is 34.0 Å². The molecule has 2 bridgehead atoms. The molecule has 0 radical (unpaired) electrons. The van der Waals surface area contributed by atoms with E-state index in [4.69, 9.17) is 14.5 Å². The van der Waals surface area contributed by atoms with E-state index in [2.05, 4.69) is 6.58 Å². The van der Waals surface area contributed by atoms with Gasteiger partial charge in [-0.05, 0) is 32.8 Å². The first kappa shape index (κ1) is 12.6. The van der Waals surface area contributed by atoms with E-state index in [1.54, 1.807) is 6.92 Å². The van der Waals surface area contributed by atoms with Crippen molar-refractivity contribution in [1.82, 2.24) is 0 Å². The van der Waals surface area contributed by atoms with Crippen molar-refractivity contribution in [2.45, 2.75) is 49.6 Å². The molecule has 2 saturated heterocycles. The number of ether oxygens (including phenoxy) is 1. The number of rotatable bonds is 0. The lowest BCUT2D eigenvalue weighted by Gasteiger charge is -2.39. The van der Waals surface area contributed by atoms with Crippen LogP contribution < -0.4 is 0 Å². The summed E-state index contributed by atoms with van der Waals surface area (Å²) >= 11 is 0. The molecule has 5 nitrogen and oxygen atoms in total. The highest BCUT2D eigenvalue weighted by molar-refractivity contribution is 5.91. The van der Waals surface area contributed by atoms with Crippen molar-refractivity contribution in [3.8, 4) is 0 Å². The first-order valence-electron chi connectivity index (χ1n) is 7.00. The van der Waals surface area contributed by atoms with Gasteiger partial charge in [-0.2, -0.15) is 0 Å². The number of hydrogen-bond acceptors (Lipinski definition) is 5. The van der Waals surface area contributed by atoms with E-state index >= 15 is 0 Å². The van der Waals surface area contributed by atoms with Crippen LogP contribution in [0.3, 0.4) is 0 Å². The van der Waals surface area contributed by atoms with Gasteiger partial charge in [0, 0.05) is 11.5 Å². The maximum absolute atomic E-state index is 11.9. The predicted octanol–water partition coefficient (Wildman–Crippen LogP) is 1.27. The smallest absolute Gasteiger partial charge is 0.334 e. The van der Waals surface area contributed by atoms with Crippen molar-refractivity contribution >= 4 is 5.97 Å². The van der Waals surface area contributed by atoms with Crippen LogP contribution in [0.4, 0.5) is 0 Å². The molecular formula is C15H18O5. The van der Waals surface area contributed by atoms with Gasteiger partial charge >= 0.3 is 5.97 Å². The number of fused-ring (bicyclic) bond motifs is 1. The molecule has 3 fully saturated rings. The molecule has 0 aromatic rings. The summed E-state index contributed by atoms with van der Waals surface area (Å²) < 4.78 is 5.56. The largest absolute Gasteiger partial charge is 0.458 e. The average Bonchev–Trinajstić information content (AvgIpc) is 2.92. The van der Waals surface area contributed by atoms with Crippen molar-refractivity contribution in [2.24, 2.45) is 11.8 Å². The summed E-state index contributed by atoms with van der Waals surface area (Å²) in [5.74, 6) is -0.669. The van der Waals surface area contributed by atoms with Crippen LogP contribution in [0, 0.1) is 11.8 Å². The summed E-state index contributed by atoms with van der Waals surface area (Å²) in [5.41, 5.74) is -2.20. The van der Waals surface area contributed by atoms with E-state index < -0.39 is 16.8 Å². The minimum atomic E-state index is -1.07. The molecule has 1 N–H and O–H groups in total. The molecule has 20 heavy (non-hydrogen) atoms. The number of esters is 1. The van der Waals surface area contributed by atoms with E-state index in [-0.39, 0.29) is 23.9 Å². The Morgan fingerprint density at radius 2 is 2.10 bits per heavy atom. The van der Waals surface area contributed by atoms with Crippen molar-refractivity contribution in [2.75, 3.05) is 0 Å². The molecule has 0 aromatic carbocycles. The van der Waals surface area contributed by atoms with E-state index in [1.165, 1.54) is 0 Å². The highest BCUT2D eigenvalue weighted by Gasteiger charge is 2.73. The van der Waals surface area contributed by atoms with Crippen molar-refractivity contribution in [3.05, 3.63) is 24.3 Å². The third kappa shape index (κ3) is 1.18. The van der Waals surface area contributed by atoms with E-state index in [0.717, 1.165) is 0 Å². The lowest BCUT2D eigenvalue weighted by molar-refractivity contribution is -0.360. The highest BCUT2D eigenvalue weighted by Crippen LogP contribution is 2.61. The fourth-order valence-electron chi connectivity index (χ4n) is 4.32. The molecule has 0 amide bonds. The summed E-state index contributed by atoms with van der Waals surface area (Å²) in [6.07, 6.45) is 4.59. The Morgan fingerprint density at radius 1 is 1.35 bits per heavy atom. The molecule has 6 unspecified atom stereocenters. The van der Waals surface area contributed by atoms with E-state index in [1.807, 2.05) is 19.1 Å². The quantitative estimate of drug-likeness (QED) is 0.313. The predicted molar refractivity (Wildman–Crippen MR) is 68.3 cm³/mol. The Kier molecular flexibility index (Phi) is 2.10. The van der Waals surface area contributed by atoms with Crippen molar-refractivity contribution in [3.63, 3.8) is 0 Å². The van der Waals surface area contributed by atoms with Gasteiger partial charge in [0.05, 0.1) is 11.5 Å². The monoisotopic (exact) mass is 278 g/mol. The van der Waals surface area contributed by atoms with Gasteiger partial charge in [0.2, 0.25) is 0 Å². The molecule has 5 heteroatoms. The first-order valence-corrected chi connectivity index (χ1v) is 7.00. The summed E-state index contributed by atoms with van der Waals surface area (Å²) in [7, 11) is 0. The van der Waals surface area contributed by atoms with Crippen LogP contribution in [0.2, 0.25) is 0 Å². The molecule has 6 atom stereocenters.